The molecule has 1 aromatic carbocycles. The minimum atomic E-state index is 0.0934. The SMILES string of the molecule is CSCCN1CCCNC(C)(c2ccccc2)C1. The van der Waals surface area contributed by atoms with E-state index < -0.39 is 0 Å². The second kappa shape index (κ2) is 6.60. The summed E-state index contributed by atoms with van der Waals surface area (Å²) in [5.74, 6) is 1.23. The van der Waals surface area contributed by atoms with Crippen LogP contribution < -0.4 is 5.32 Å². The van der Waals surface area contributed by atoms with Gasteiger partial charge in [0.15, 0.2) is 0 Å². The van der Waals surface area contributed by atoms with Crippen LogP contribution in [0.3, 0.4) is 0 Å². The number of benzene rings is 1. The summed E-state index contributed by atoms with van der Waals surface area (Å²) in [6, 6.07) is 10.9. The lowest BCUT2D eigenvalue weighted by Gasteiger charge is -2.34. The predicted molar refractivity (Wildman–Crippen MR) is 81.2 cm³/mol. The summed E-state index contributed by atoms with van der Waals surface area (Å²) in [6.07, 6.45) is 3.43. The molecule has 1 fully saturated rings. The molecule has 1 unspecified atom stereocenters. The first-order chi connectivity index (χ1) is 8.74. The fourth-order valence-electron chi connectivity index (χ4n) is 2.66. The van der Waals surface area contributed by atoms with Crippen molar-refractivity contribution in [2.75, 3.05) is 38.2 Å². The van der Waals surface area contributed by atoms with Gasteiger partial charge in [-0.05, 0) is 38.3 Å². The molecule has 1 aromatic rings. The Kier molecular flexibility index (Phi) is 5.10. The minimum Gasteiger partial charge on any atom is -0.307 e. The van der Waals surface area contributed by atoms with Gasteiger partial charge in [0.25, 0.3) is 0 Å². The first-order valence-corrected chi connectivity index (χ1v) is 8.16. The molecule has 0 saturated carbocycles. The van der Waals surface area contributed by atoms with Gasteiger partial charge in [-0.1, -0.05) is 30.3 Å². The molecule has 0 amide bonds. The van der Waals surface area contributed by atoms with Gasteiger partial charge >= 0.3 is 0 Å². The van der Waals surface area contributed by atoms with Crippen LogP contribution in [0.25, 0.3) is 0 Å². The minimum absolute atomic E-state index is 0.0934. The molecule has 0 bridgehead atoms. The first kappa shape index (κ1) is 13.9. The summed E-state index contributed by atoms with van der Waals surface area (Å²) in [5, 5.41) is 3.73. The summed E-state index contributed by atoms with van der Waals surface area (Å²) in [5.41, 5.74) is 1.50. The highest BCUT2D eigenvalue weighted by atomic mass is 32.2. The highest BCUT2D eigenvalue weighted by Crippen LogP contribution is 2.24. The molecule has 1 saturated heterocycles. The van der Waals surface area contributed by atoms with Crippen LogP contribution in [-0.4, -0.2) is 43.1 Å². The predicted octanol–water partition coefficient (Wildman–Crippen LogP) is 2.56. The second-order valence-corrected chi connectivity index (χ2v) is 6.23. The molecule has 2 rings (SSSR count). The van der Waals surface area contributed by atoms with Crippen molar-refractivity contribution in [1.82, 2.24) is 10.2 Å². The fraction of sp³-hybridized carbons (Fsp3) is 0.600. The van der Waals surface area contributed by atoms with Crippen LogP contribution in [0, 0.1) is 0 Å². The van der Waals surface area contributed by atoms with E-state index in [0.717, 1.165) is 13.1 Å². The maximum atomic E-state index is 3.73. The van der Waals surface area contributed by atoms with Crippen molar-refractivity contribution in [2.45, 2.75) is 18.9 Å². The van der Waals surface area contributed by atoms with Crippen LogP contribution in [0.4, 0.5) is 0 Å². The van der Waals surface area contributed by atoms with Crippen molar-refractivity contribution >= 4 is 11.8 Å². The molecule has 3 heteroatoms. The van der Waals surface area contributed by atoms with Gasteiger partial charge in [-0.25, -0.2) is 0 Å². The normalized spacial score (nSPS) is 25.9. The number of nitrogens with zero attached hydrogens (tertiary/aromatic N) is 1. The van der Waals surface area contributed by atoms with Gasteiger partial charge in [0.05, 0.1) is 5.54 Å². The lowest BCUT2D eigenvalue weighted by Crippen LogP contribution is -2.46. The topological polar surface area (TPSA) is 15.3 Å². The summed E-state index contributed by atoms with van der Waals surface area (Å²) in [7, 11) is 0. The van der Waals surface area contributed by atoms with Crippen molar-refractivity contribution in [3.8, 4) is 0 Å². The van der Waals surface area contributed by atoms with Crippen molar-refractivity contribution in [1.29, 1.82) is 0 Å². The van der Waals surface area contributed by atoms with Crippen molar-refractivity contribution < 1.29 is 0 Å². The third-order valence-electron chi connectivity index (χ3n) is 3.73. The van der Waals surface area contributed by atoms with Gasteiger partial charge in [-0.15, -0.1) is 0 Å². The zero-order valence-corrected chi connectivity index (χ0v) is 12.3. The molecule has 0 aromatic heterocycles. The largest absolute Gasteiger partial charge is 0.307 e. The Morgan fingerprint density at radius 2 is 2.11 bits per heavy atom. The Morgan fingerprint density at radius 3 is 2.83 bits per heavy atom. The number of rotatable bonds is 4. The molecule has 0 spiro atoms. The van der Waals surface area contributed by atoms with Crippen molar-refractivity contribution in [3.63, 3.8) is 0 Å². The second-order valence-electron chi connectivity index (χ2n) is 5.25. The Bertz CT molecular complexity index is 355. The quantitative estimate of drug-likeness (QED) is 0.900. The Morgan fingerprint density at radius 1 is 1.33 bits per heavy atom. The average Bonchev–Trinajstić information content (AvgIpc) is 2.60. The maximum Gasteiger partial charge on any atom is 0.0534 e. The lowest BCUT2D eigenvalue weighted by atomic mass is 9.91. The number of nitrogens with one attached hydrogen (secondary N) is 1. The summed E-state index contributed by atoms with van der Waals surface area (Å²) in [4.78, 5) is 2.60. The van der Waals surface area contributed by atoms with Gasteiger partial charge in [0.2, 0.25) is 0 Å². The Labute approximate surface area is 115 Å². The van der Waals surface area contributed by atoms with Gasteiger partial charge in [-0.3, -0.25) is 0 Å². The highest BCUT2D eigenvalue weighted by molar-refractivity contribution is 7.98. The van der Waals surface area contributed by atoms with Gasteiger partial charge < -0.3 is 10.2 Å². The summed E-state index contributed by atoms with van der Waals surface area (Å²) < 4.78 is 0. The maximum absolute atomic E-state index is 3.73. The van der Waals surface area contributed by atoms with Gasteiger partial charge in [-0.2, -0.15) is 11.8 Å². The third-order valence-corrected chi connectivity index (χ3v) is 4.32. The molecule has 1 aliphatic rings. The molecule has 100 valence electrons. The Hall–Kier alpha value is -0.510. The molecular formula is C15H24N2S. The molecule has 1 heterocycles. The zero-order valence-electron chi connectivity index (χ0n) is 11.5. The van der Waals surface area contributed by atoms with Crippen LogP contribution in [0.2, 0.25) is 0 Å². The van der Waals surface area contributed by atoms with Crippen LogP contribution in [0.15, 0.2) is 30.3 Å². The van der Waals surface area contributed by atoms with Gasteiger partial charge in [0.1, 0.15) is 0 Å². The highest BCUT2D eigenvalue weighted by Gasteiger charge is 2.30. The van der Waals surface area contributed by atoms with E-state index >= 15 is 0 Å². The first-order valence-electron chi connectivity index (χ1n) is 6.76. The number of hydrogen-bond donors (Lipinski definition) is 1. The van der Waals surface area contributed by atoms with E-state index in [0.29, 0.717) is 0 Å². The smallest absolute Gasteiger partial charge is 0.0534 e. The van der Waals surface area contributed by atoms with Crippen LogP contribution in [0.1, 0.15) is 18.9 Å². The summed E-state index contributed by atoms with van der Waals surface area (Å²) in [6.45, 7) is 6.97. The molecule has 0 radical (unpaired) electrons. The lowest BCUT2D eigenvalue weighted by molar-refractivity contribution is 0.231. The fourth-order valence-corrected chi connectivity index (χ4v) is 3.10. The Balaban J connectivity index is 2.10. The van der Waals surface area contributed by atoms with Crippen molar-refractivity contribution in [2.24, 2.45) is 0 Å². The molecule has 1 aliphatic heterocycles. The van der Waals surface area contributed by atoms with E-state index in [1.54, 1.807) is 0 Å². The summed E-state index contributed by atoms with van der Waals surface area (Å²) >= 11 is 1.94. The van der Waals surface area contributed by atoms with Crippen molar-refractivity contribution in [3.05, 3.63) is 35.9 Å². The number of thioether (sulfide) groups is 1. The zero-order chi connectivity index (χ0) is 12.8. The molecule has 0 aliphatic carbocycles. The molecule has 2 nitrogen and oxygen atoms in total. The van der Waals surface area contributed by atoms with E-state index in [1.165, 1.54) is 30.8 Å². The van der Waals surface area contributed by atoms with Crippen LogP contribution >= 0.6 is 11.8 Å². The monoisotopic (exact) mass is 264 g/mol. The standard InChI is InChI=1S/C15H24N2S/c1-15(14-7-4-3-5-8-14)13-17(11-12-18-2)10-6-9-16-15/h3-5,7-8,16H,6,9-13H2,1-2H3. The van der Waals surface area contributed by atoms with E-state index in [4.69, 9.17) is 0 Å². The average molecular weight is 264 g/mol. The molecule has 18 heavy (non-hydrogen) atoms. The van der Waals surface area contributed by atoms with Crippen LogP contribution in [-0.2, 0) is 5.54 Å². The molecule has 1 atom stereocenters. The molecular weight excluding hydrogens is 240 g/mol. The van der Waals surface area contributed by atoms with E-state index in [2.05, 4.69) is 53.7 Å². The number of hydrogen-bond acceptors (Lipinski definition) is 3. The van der Waals surface area contributed by atoms with Gasteiger partial charge in [0, 0.05) is 18.8 Å². The van der Waals surface area contributed by atoms with E-state index in [9.17, 15) is 0 Å². The van der Waals surface area contributed by atoms with Crippen LogP contribution in [0.5, 0.6) is 0 Å². The third kappa shape index (κ3) is 3.50. The van der Waals surface area contributed by atoms with E-state index in [1.807, 2.05) is 11.8 Å². The van der Waals surface area contributed by atoms with E-state index in [-0.39, 0.29) is 5.54 Å². The molecule has 1 N–H and O–H groups in total.